The summed E-state index contributed by atoms with van der Waals surface area (Å²) in [6.07, 6.45) is 2.38. The highest BCUT2D eigenvalue weighted by Gasteiger charge is 2.21. The summed E-state index contributed by atoms with van der Waals surface area (Å²) in [6, 6.07) is 15.3. The first kappa shape index (κ1) is 16.0. The van der Waals surface area contributed by atoms with Crippen LogP contribution in [0, 0.1) is 11.8 Å². The minimum Gasteiger partial charge on any atom is -0.491 e. The van der Waals surface area contributed by atoms with Gasteiger partial charge in [0.15, 0.2) is 0 Å². The van der Waals surface area contributed by atoms with Crippen LogP contribution in [0.15, 0.2) is 54.7 Å². The van der Waals surface area contributed by atoms with E-state index in [-0.39, 0.29) is 5.91 Å². The Balaban J connectivity index is 1.63. The van der Waals surface area contributed by atoms with Crippen molar-refractivity contribution in [2.75, 3.05) is 11.9 Å². The number of nitrogens with one attached hydrogen (secondary N) is 1. The van der Waals surface area contributed by atoms with Crippen molar-refractivity contribution in [1.82, 2.24) is 9.78 Å². The number of aryl methyl sites for hydroxylation is 1. The largest absolute Gasteiger partial charge is 0.491 e. The van der Waals surface area contributed by atoms with E-state index in [4.69, 9.17) is 4.74 Å². The molecule has 0 aliphatic carbocycles. The Hall–Kier alpha value is -3.52. The van der Waals surface area contributed by atoms with Gasteiger partial charge in [0.25, 0.3) is 5.91 Å². The quantitative estimate of drug-likeness (QED) is 0.728. The molecule has 0 radical (unpaired) electrons. The Bertz CT molecular complexity index is 1030. The zero-order chi connectivity index (χ0) is 17.9. The number of anilines is 1. The van der Waals surface area contributed by atoms with E-state index in [9.17, 15) is 4.79 Å². The lowest BCUT2D eigenvalue weighted by molar-refractivity contribution is 0.101. The number of carbonyl (C=O) groups excluding carboxylic acids is 1. The molecule has 1 aliphatic heterocycles. The van der Waals surface area contributed by atoms with Gasteiger partial charge in [-0.15, -0.1) is 0 Å². The number of rotatable bonds is 2. The second-order valence-corrected chi connectivity index (χ2v) is 5.98. The van der Waals surface area contributed by atoms with E-state index in [1.54, 1.807) is 19.3 Å². The molecule has 4 rings (SSSR count). The zero-order valence-corrected chi connectivity index (χ0v) is 14.3. The Morgan fingerprint density at radius 3 is 2.77 bits per heavy atom. The van der Waals surface area contributed by atoms with Gasteiger partial charge in [-0.3, -0.25) is 9.48 Å². The lowest BCUT2D eigenvalue weighted by Crippen LogP contribution is -2.16. The van der Waals surface area contributed by atoms with Crippen LogP contribution in [-0.2, 0) is 13.5 Å². The van der Waals surface area contributed by atoms with Crippen molar-refractivity contribution in [2.45, 2.75) is 6.42 Å². The number of hydrogen-bond donors (Lipinski definition) is 1. The summed E-state index contributed by atoms with van der Waals surface area (Å²) in [5.41, 5.74) is 4.09. The minimum absolute atomic E-state index is 0.217. The van der Waals surface area contributed by atoms with E-state index in [2.05, 4.69) is 22.3 Å². The molecule has 1 amide bonds. The highest BCUT2D eigenvalue weighted by molar-refractivity contribution is 6.04. The highest BCUT2D eigenvalue weighted by Crippen LogP contribution is 2.36. The molecule has 2 heterocycles. The van der Waals surface area contributed by atoms with Gasteiger partial charge >= 0.3 is 0 Å². The molecular formula is C21H17N3O2. The van der Waals surface area contributed by atoms with E-state index in [0.717, 1.165) is 23.1 Å². The molecule has 5 nitrogen and oxygen atoms in total. The number of carbonyl (C=O) groups is 1. The van der Waals surface area contributed by atoms with Gasteiger partial charge in [-0.2, -0.15) is 5.10 Å². The van der Waals surface area contributed by atoms with Gasteiger partial charge in [-0.1, -0.05) is 30.0 Å². The molecule has 1 aromatic heterocycles. The monoisotopic (exact) mass is 343 g/mol. The molecule has 26 heavy (non-hydrogen) atoms. The molecule has 128 valence electrons. The number of hydrogen-bond acceptors (Lipinski definition) is 3. The molecule has 5 heteroatoms. The fourth-order valence-corrected chi connectivity index (χ4v) is 2.96. The van der Waals surface area contributed by atoms with Crippen molar-refractivity contribution >= 4 is 11.6 Å². The Labute approximate surface area is 151 Å². The van der Waals surface area contributed by atoms with Crippen molar-refractivity contribution in [3.8, 4) is 17.6 Å². The van der Waals surface area contributed by atoms with Crippen LogP contribution in [0.1, 0.15) is 27.2 Å². The van der Waals surface area contributed by atoms with E-state index < -0.39 is 0 Å². The summed E-state index contributed by atoms with van der Waals surface area (Å²) in [4.78, 5) is 12.4. The summed E-state index contributed by atoms with van der Waals surface area (Å²) in [5.74, 6) is 6.89. The van der Waals surface area contributed by atoms with Crippen LogP contribution in [0.25, 0.3) is 0 Å². The van der Waals surface area contributed by atoms with Crippen molar-refractivity contribution in [3.05, 3.63) is 77.1 Å². The molecule has 3 aromatic rings. The molecule has 1 aliphatic rings. The zero-order valence-electron chi connectivity index (χ0n) is 14.3. The van der Waals surface area contributed by atoms with E-state index >= 15 is 0 Å². The van der Waals surface area contributed by atoms with Crippen LogP contribution >= 0.6 is 0 Å². The van der Waals surface area contributed by atoms with Gasteiger partial charge in [0.2, 0.25) is 0 Å². The SMILES string of the molecule is Cn1nccc1C(=O)Nc1ccc(C#Cc2ccccc2)c2c1OCC2. The summed E-state index contributed by atoms with van der Waals surface area (Å²) in [6.45, 7) is 0.591. The van der Waals surface area contributed by atoms with Crippen molar-refractivity contribution in [1.29, 1.82) is 0 Å². The Morgan fingerprint density at radius 1 is 1.15 bits per heavy atom. The second-order valence-electron chi connectivity index (χ2n) is 5.98. The summed E-state index contributed by atoms with van der Waals surface area (Å²) in [7, 11) is 1.73. The summed E-state index contributed by atoms with van der Waals surface area (Å²) in [5, 5.41) is 6.94. The first-order valence-electron chi connectivity index (χ1n) is 8.37. The summed E-state index contributed by atoms with van der Waals surface area (Å²) >= 11 is 0. The van der Waals surface area contributed by atoms with Gasteiger partial charge < -0.3 is 10.1 Å². The van der Waals surface area contributed by atoms with E-state index in [1.807, 2.05) is 42.5 Å². The summed E-state index contributed by atoms with van der Waals surface area (Å²) < 4.78 is 7.30. The smallest absolute Gasteiger partial charge is 0.274 e. The lowest BCUT2D eigenvalue weighted by atomic mass is 10.0. The molecule has 0 saturated heterocycles. The highest BCUT2D eigenvalue weighted by atomic mass is 16.5. The average Bonchev–Trinajstić information content (AvgIpc) is 3.31. The van der Waals surface area contributed by atoms with Crippen LogP contribution in [0.4, 0.5) is 5.69 Å². The first-order chi connectivity index (χ1) is 12.7. The molecule has 0 fully saturated rings. The number of aromatic nitrogens is 2. The van der Waals surface area contributed by atoms with Gasteiger partial charge in [-0.05, 0) is 30.3 Å². The van der Waals surface area contributed by atoms with Crippen LogP contribution in [-0.4, -0.2) is 22.3 Å². The maximum Gasteiger partial charge on any atom is 0.274 e. The molecule has 1 N–H and O–H groups in total. The number of nitrogens with zero attached hydrogens (tertiary/aromatic N) is 2. The van der Waals surface area contributed by atoms with Gasteiger partial charge in [0.1, 0.15) is 11.4 Å². The molecule has 0 spiro atoms. The number of amides is 1. The lowest BCUT2D eigenvalue weighted by Gasteiger charge is -2.11. The minimum atomic E-state index is -0.217. The van der Waals surface area contributed by atoms with Crippen LogP contribution < -0.4 is 10.1 Å². The molecule has 2 aromatic carbocycles. The van der Waals surface area contributed by atoms with E-state index in [0.29, 0.717) is 23.7 Å². The average molecular weight is 343 g/mol. The number of ether oxygens (including phenoxy) is 1. The first-order valence-corrected chi connectivity index (χ1v) is 8.37. The predicted octanol–water partition coefficient (Wildman–Crippen LogP) is 3.01. The van der Waals surface area contributed by atoms with Crippen LogP contribution in [0.3, 0.4) is 0 Å². The second kappa shape index (κ2) is 6.77. The third-order valence-corrected chi connectivity index (χ3v) is 4.28. The molecule has 0 saturated carbocycles. The third-order valence-electron chi connectivity index (χ3n) is 4.28. The van der Waals surface area contributed by atoms with Crippen molar-refractivity contribution < 1.29 is 9.53 Å². The maximum atomic E-state index is 12.4. The molecular weight excluding hydrogens is 326 g/mol. The number of fused-ring (bicyclic) bond motifs is 1. The number of benzene rings is 2. The van der Waals surface area contributed by atoms with Gasteiger partial charge in [-0.25, -0.2) is 0 Å². The molecule has 0 atom stereocenters. The van der Waals surface area contributed by atoms with Crippen LogP contribution in [0.2, 0.25) is 0 Å². The van der Waals surface area contributed by atoms with Gasteiger partial charge in [0, 0.05) is 36.4 Å². The fourth-order valence-electron chi connectivity index (χ4n) is 2.96. The topological polar surface area (TPSA) is 56.2 Å². The predicted molar refractivity (Wildman–Crippen MR) is 99.2 cm³/mol. The third kappa shape index (κ3) is 3.05. The van der Waals surface area contributed by atoms with Gasteiger partial charge in [0.05, 0.1) is 12.3 Å². The molecule has 0 unspecified atom stereocenters. The van der Waals surface area contributed by atoms with E-state index in [1.165, 1.54) is 4.68 Å². The van der Waals surface area contributed by atoms with Crippen LogP contribution in [0.5, 0.6) is 5.75 Å². The van der Waals surface area contributed by atoms with Crippen molar-refractivity contribution in [3.63, 3.8) is 0 Å². The standard InChI is InChI=1S/C21H17N3O2/c1-24-19(11-13-22-24)21(25)23-18-10-9-16(17-12-14-26-20(17)18)8-7-15-5-3-2-4-6-15/h2-6,9-11,13H,12,14H2,1H3,(H,23,25). The van der Waals surface area contributed by atoms with Crippen molar-refractivity contribution in [2.24, 2.45) is 7.05 Å². The Morgan fingerprint density at radius 2 is 2.00 bits per heavy atom. The Kier molecular flexibility index (Phi) is 4.16. The maximum absolute atomic E-state index is 12.4. The molecule has 0 bridgehead atoms. The fraction of sp³-hybridized carbons (Fsp3) is 0.143. The normalized spacial score (nSPS) is 11.9.